The molecule has 15 heavy (non-hydrogen) atoms. The second-order valence-electron chi connectivity index (χ2n) is 5.31. The van der Waals surface area contributed by atoms with Gasteiger partial charge in [0.2, 0.25) is 0 Å². The van der Waals surface area contributed by atoms with Crippen LogP contribution in [-0.2, 0) is 4.79 Å². The second kappa shape index (κ2) is 4.90. The van der Waals surface area contributed by atoms with Crippen molar-refractivity contribution in [2.45, 2.75) is 63.0 Å². The van der Waals surface area contributed by atoms with Gasteiger partial charge in [-0.15, -0.1) is 11.8 Å². The molecular formula is C13H22OS. The molecule has 2 rings (SSSR count). The lowest BCUT2D eigenvalue weighted by atomic mass is 9.83. The highest BCUT2D eigenvalue weighted by molar-refractivity contribution is 8.01. The number of rotatable bonds is 3. The number of thioether (sulfide) groups is 1. The summed E-state index contributed by atoms with van der Waals surface area (Å²) in [6.45, 7) is 2.16. The molecule has 0 aromatic heterocycles. The molecule has 86 valence electrons. The number of Topliss-reactive ketones (excluding diaryl/α,β-unsaturated/α-hetero) is 1. The predicted octanol–water partition coefficient (Wildman–Crippen LogP) is 3.81. The fourth-order valence-electron chi connectivity index (χ4n) is 2.87. The maximum Gasteiger partial charge on any atom is 0.148 e. The van der Waals surface area contributed by atoms with E-state index in [0.29, 0.717) is 11.7 Å². The van der Waals surface area contributed by atoms with Gasteiger partial charge in [-0.3, -0.25) is 4.79 Å². The van der Waals surface area contributed by atoms with Crippen molar-refractivity contribution < 1.29 is 4.79 Å². The number of hydrogen-bond donors (Lipinski definition) is 0. The van der Waals surface area contributed by atoms with Crippen molar-refractivity contribution in [2.24, 2.45) is 5.92 Å². The van der Waals surface area contributed by atoms with E-state index in [0.717, 1.165) is 12.8 Å². The van der Waals surface area contributed by atoms with Crippen LogP contribution < -0.4 is 0 Å². The minimum absolute atomic E-state index is 0.0164. The van der Waals surface area contributed by atoms with Gasteiger partial charge >= 0.3 is 0 Å². The van der Waals surface area contributed by atoms with E-state index in [9.17, 15) is 4.79 Å². The first kappa shape index (κ1) is 11.5. The Balaban J connectivity index is 1.85. The molecule has 1 unspecified atom stereocenters. The van der Waals surface area contributed by atoms with E-state index in [1.165, 1.54) is 44.3 Å². The average molecular weight is 226 g/mol. The number of carbonyl (C=O) groups excluding carboxylic acids is 1. The van der Waals surface area contributed by atoms with Gasteiger partial charge in [-0.05, 0) is 31.4 Å². The normalized spacial score (nSPS) is 33.1. The van der Waals surface area contributed by atoms with E-state index in [4.69, 9.17) is 0 Å². The average Bonchev–Trinajstić information content (AvgIpc) is 2.68. The molecule has 1 aliphatic heterocycles. The molecule has 2 heteroatoms. The molecule has 1 atom stereocenters. The van der Waals surface area contributed by atoms with Crippen LogP contribution in [0.15, 0.2) is 0 Å². The van der Waals surface area contributed by atoms with Crippen molar-refractivity contribution in [3.63, 3.8) is 0 Å². The van der Waals surface area contributed by atoms with Gasteiger partial charge in [0.1, 0.15) is 5.78 Å². The van der Waals surface area contributed by atoms with Gasteiger partial charge in [-0.1, -0.05) is 32.1 Å². The lowest BCUT2D eigenvalue weighted by Crippen LogP contribution is -2.30. The van der Waals surface area contributed by atoms with Crippen molar-refractivity contribution in [3.05, 3.63) is 0 Å². The fraction of sp³-hybridized carbons (Fsp3) is 0.923. The molecule has 0 amide bonds. The third-order valence-corrected chi connectivity index (χ3v) is 5.57. The predicted molar refractivity (Wildman–Crippen MR) is 66.3 cm³/mol. The molecule has 2 aliphatic rings. The summed E-state index contributed by atoms with van der Waals surface area (Å²) in [5.41, 5.74) is 0. The Morgan fingerprint density at radius 2 is 2.00 bits per heavy atom. The Morgan fingerprint density at radius 3 is 2.60 bits per heavy atom. The van der Waals surface area contributed by atoms with Crippen molar-refractivity contribution >= 4 is 17.5 Å². The maximum absolute atomic E-state index is 12.2. The Labute approximate surface area is 97.4 Å². The molecule has 0 bridgehead atoms. The Hall–Kier alpha value is 0.0200. The van der Waals surface area contributed by atoms with Crippen molar-refractivity contribution in [2.75, 3.05) is 5.75 Å². The van der Waals surface area contributed by atoms with Gasteiger partial charge in [-0.2, -0.15) is 0 Å². The van der Waals surface area contributed by atoms with Crippen LogP contribution in [0.2, 0.25) is 0 Å². The van der Waals surface area contributed by atoms with Crippen molar-refractivity contribution in [1.82, 2.24) is 0 Å². The second-order valence-corrected chi connectivity index (χ2v) is 6.91. The van der Waals surface area contributed by atoms with E-state index in [2.05, 4.69) is 6.92 Å². The Kier molecular flexibility index (Phi) is 3.76. The zero-order chi connectivity index (χ0) is 10.7. The van der Waals surface area contributed by atoms with Crippen LogP contribution in [0, 0.1) is 5.92 Å². The highest BCUT2D eigenvalue weighted by Gasteiger charge is 2.37. The molecule has 1 saturated carbocycles. The number of hydrogen-bond acceptors (Lipinski definition) is 2. The zero-order valence-electron chi connectivity index (χ0n) is 9.76. The molecule has 1 heterocycles. The SMILES string of the molecule is CC1(C(=O)CC2CCCCC2)CCCS1. The summed E-state index contributed by atoms with van der Waals surface area (Å²) in [5, 5.41) is 0. The summed E-state index contributed by atoms with van der Waals surface area (Å²) in [6, 6.07) is 0. The summed E-state index contributed by atoms with van der Waals surface area (Å²) in [6.07, 6.45) is 9.89. The molecule has 1 aliphatic carbocycles. The monoisotopic (exact) mass is 226 g/mol. The standard InChI is InChI=1S/C13H22OS/c1-13(8-5-9-15-13)12(14)10-11-6-3-2-4-7-11/h11H,2-10H2,1H3. The topological polar surface area (TPSA) is 17.1 Å². The highest BCUT2D eigenvalue weighted by atomic mass is 32.2. The fourth-order valence-corrected chi connectivity index (χ4v) is 4.14. The largest absolute Gasteiger partial charge is 0.298 e. The van der Waals surface area contributed by atoms with Gasteiger partial charge in [0.05, 0.1) is 4.75 Å². The van der Waals surface area contributed by atoms with Gasteiger partial charge in [0.25, 0.3) is 0 Å². The van der Waals surface area contributed by atoms with Crippen LogP contribution in [0.4, 0.5) is 0 Å². The summed E-state index contributed by atoms with van der Waals surface area (Å²) in [5.74, 6) is 2.44. The number of carbonyl (C=O) groups is 1. The minimum Gasteiger partial charge on any atom is -0.298 e. The highest BCUT2D eigenvalue weighted by Crippen LogP contribution is 2.40. The van der Waals surface area contributed by atoms with Crippen LogP contribution in [0.25, 0.3) is 0 Å². The first-order chi connectivity index (χ1) is 7.21. The summed E-state index contributed by atoms with van der Waals surface area (Å²) in [4.78, 5) is 12.2. The lowest BCUT2D eigenvalue weighted by molar-refractivity contribution is -0.122. The molecular weight excluding hydrogens is 204 g/mol. The third-order valence-electron chi connectivity index (χ3n) is 4.01. The maximum atomic E-state index is 12.2. The van der Waals surface area contributed by atoms with Crippen LogP contribution in [-0.4, -0.2) is 16.3 Å². The van der Waals surface area contributed by atoms with Gasteiger partial charge in [-0.25, -0.2) is 0 Å². The van der Waals surface area contributed by atoms with Crippen molar-refractivity contribution in [3.8, 4) is 0 Å². The van der Waals surface area contributed by atoms with E-state index < -0.39 is 0 Å². The van der Waals surface area contributed by atoms with Gasteiger partial charge in [0.15, 0.2) is 0 Å². The van der Waals surface area contributed by atoms with Crippen molar-refractivity contribution in [1.29, 1.82) is 0 Å². The summed E-state index contributed by atoms with van der Waals surface area (Å²) in [7, 11) is 0. The van der Waals surface area contributed by atoms with Crippen LogP contribution >= 0.6 is 11.8 Å². The Bertz CT molecular complexity index is 225. The lowest BCUT2D eigenvalue weighted by Gasteiger charge is -2.26. The van der Waals surface area contributed by atoms with E-state index >= 15 is 0 Å². The Morgan fingerprint density at radius 1 is 1.27 bits per heavy atom. The first-order valence-corrected chi connectivity index (χ1v) is 7.36. The smallest absolute Gasteiger partial charge is 0.148 e. The zero-order valence-corrected chi connectivity index (χ0v) is 10.6. The molecule has 0 spiro atoms. The van der Waals surface area contributed by atoms with Crippen LogP contribution in [0.3, 0.4) is 0 Å². The van der Waals surface area contributed by atoms with Crippen LogP contribution in [0.5, 0.6) is 0 Å². The molecule has 0 radical (unpaired) electrons. The number of ketones is 1. The molecule has 1 saturated heterocycles. The molecule has 2 fully saturated rings. The third kappa shape index (κ3) is 2.77. The van der Waals surface area contributed by atoms with Gasteiger partial charge < -0.3 is 0 Å². The van der Waals surface area contributed by atoms with Crippen LogP contribution in [0.1, 0.15) is 58.3 Å². The quantitative estimate of drug-likeness (QED) is 0.728. The van der Waals surface area contributed by atoms with Gasteiger partial charge in [0, 0.05) is 6.42 Å². The van der Waals surface area contributed by atoms with E-state index in [1.807, 2.05) is 11.8 Å². The molecule has 0 aromatic carbocycles. The molecule has 1 nitrogen and oxygen atoms in total. The minimum atomic E-state index is -0.0164. The first-order valence-electron chi connectivity index (χ1n) is 6.38. The summed E-state index contributed by atoms with van der Waals surface area (Å²) < 4.78 is -0.0164. The van der Waals surface area contributed by atoms with E-state index in [1.54, 1.807) is 0 Å². The summed E-state index contributed by atoms with van der Waals surface area (Å²) >= 11 is 1.89. The molecule has 0 aromatic rings. The molecule has 0 N–H and O–H groups in total. The van der Waals surface area contributed by atoms with E-state index in [-0.39, 0.29) is 4.75 Å².